The Morgan fingerprint density at radius 2 is 2.33 bits per heavy atom. The molecule has 2 heterocycles. The third kappa shape index (κ3) is 2.59. The lowest BCUT2D eigenvalue weighted by Crippen LogP contribution is -2.22. The summed E-state index contributed by atoms with van der Waals surface area (Å²) in [5.41, 5.74) is 1.84. The molecule has 1 aromatic heterocycles. The number of aromatic nitrogens is 1. The van der Waals surface area contributed by atoms with Crippen molar-refractivity contribution < 1.29 is 14.7 Å². The van der Waals surface area contributed by atoms with Crippen molar-refractivity contribution in [3.05, 3.63) is 40.9 Å². The van der Waals surface area contributed by atoms with Crippen molar-refractivity contribution in [3.63, 3.8) is 0 Å². The summed E-state index contributed by atoms with van der Waals surface area (Å²) in [6, 6.07) is 7.51. The molecule has 2 aromatic rings. The predicted octanol–water partition coefficient (Wildman–Crippen LogP) is 2.46. The van der Waals surface area contributed by atoms with Gasteiger partial charge in [-0.1, -0.05) is 23.4 Å². The van der Waals surface area contributed by atoms with E-state index < -0.39 is 0 Å². The van der Waals surface area contributed by atoms with Gasteiger partial charge in [0.25, 0.3) is 0 Å². The number of hydrogen-bond donors (Lipinski definition) is 2. The number of thiazole rings is 1. The normalized spacial score (nSPS) is 17.2. The fourth-order valence-corrected chi connectivity index (χ4v) is 2.88. The van der Waals surface area contributed by atoms with Crippen LogP contribution in [0.3, 0.4) is 0 Å². The van der Waals surface area contributed by atoms with Crippen molar-refractivity contribution >= 4 is 28.1 Å². The molecule has 1 aliphatic rings. The van der Waals surface area contributed by atoms with Gasteiger partial charge in [0.2, 0.25) is 5.91 Å². The van der Waals surface area contributed by atoms with Crippen LogP contribution in [0.15, 0.2) is 34.8 Å². The Labute approximate surface area is 125 Å². The molecule has 0 spiro atoms. The van der Waals surface area contributed by atoms with Crippen molar-refractivity contribution in [1.82, 2.24) is 4.98 Å². The lowest BCUT2D eigenvalue weighted by molar-refractivity contribution is -0.117. The summed E-state index contributed by atoms with van der Waals surface area (Å²) in [5, 5.41) is 16.8. The molecule has 108 valence electrons. The lowest BCUT2D eigenvalue weighted by atomic mass is 10.0. The molecule has 0 aliphatic carbocycles. The second-order valence-electron chi connectivity index (χ2n) is 4.61. The van der Waals surface area contributed by atoms with Gasteiger partial charge in [-0.05, 0) is 13.0 Å². The molecule has 1 atom stereocenters. The Balaban J connectivity index is 1.74. The SMILES string of the molecule is CC(=NO)c1csc(NC(=O)C2COc3ccccc32)n1. The number of ether oxygens (including phenoxy) is 1. The summed E-state index contributed by atoms with van der Waals surface area (Å²) >= 11 is 1.29. The van der Waals surface area contributed by atoms with E-state index in [0.29, 0.717) is 23.1 Å². The maximum absolute atomic E-state index is 12.3. The summed E-state index contributed by atoms with van der Waals surface area (Å²) in [6.07, 6.45) is 0. The minimum Gasteiger partial charge on any atom is -0.492 e. The molecule has 1 unspecified atom stereocenters. The minimum atomic E-state index is -0.332. The van der Waals surface area contributed by atoms with E-state index in [0.717, 1.165) is 11.3 Å². The summed E-state index contributed by atoms with van der Waals surface area (Å²) in [4.78, 5) is 16.5. The Bertz CT molecular complexity index is 711. The summed E-state index contributed by atoms with van der Waals surface area (Å²) in [7, 11) is 0. The molecule has 0 fully saturated rings. The van der Waals surface area contributed by atoms with E-state index in [2.05, 4.69) is 15.5 Å². The first-order valence-corrected chi connectivity index (χ1v) is 7.24. The number of benzene rings is 1. The zero-order chi connectivity index (χ0) is 14.8. The average molecular weight is 303 g/mol. The highest BCUT2D eigenvalue weighted by Crippen LogP contribution is 2.34. The second kappa shape index (κ2) is 5.53. The topological polar surface area (TPSA) is 83.8 Å². The number of oxime groups is 1. The number of carbonyl (C=O) groups excluding carboxylic acids is 1. The summed E-state index contributed by atoms with van der Waals surface area (Å²) in [6.45, 7) is 1.97. The van der Waals surface area contributed by atoms with Crippen LogP contribution < -0.4 is 10.1 Å². The fourth-order valence-electron chi connectivity index (χ4n) is 2.12. The van der Waals surface area contributed by atoms with E-state index in [-0.39, 0.29) is 11.8 Å². The Hall–Kier alpha value is -2.41. The molecule has 7 heteroatoms. The summed E-state index contributed by atoms with van der Waals surface area (Å²) < 4.78 is 5.50. The Kier molecular flexibility index (Phi) is 3.57. The van der Waals surface area contributed by atoms with E-state index in [4.69, 9.17) is 9.94 Å². The van der Waals surface area contributed by atoms with Gasteiger partial charge in [0.05, 0.1) is 0 Å². The number of hydrogen-bond acceptors (Lipinski definition) is 6. The van der Waals surface area contributed by atoms with Gasteiger partial charge in [-0.25, -0.2) is 4.98 Å². The van der Waals surface area contributed by atoms with E-state index in [1.807, 2.05) is 24.3 Å². The van der Waals surface area contributed by atoms with Crippen molar-refractivity contribution in [1.29, 1.82) is 0 Å². The van der Waals surface area contributed by atoms with E-state index >= 15 is 0 Å². The molecule has 3 rings (SSSR count). The van der Waals surface area contributed by atoms with Crippen molar-refractivity contribution in [2.24, 2.45) is 5.16 Å². The van der Waals surface area contributed by atoms with Gasteiger partial charge in [0.1, 0.15) is 29.7 Å². The van der Waals surface area contributed by atoms with Crippen LogP contribution in [-0.4, -0.2) is 28.4 Å². The number of rotatable bonds is 3. The predicted molar refractivity (Wildman–Crippen MR) is 79.4 cm³/mol. The molecule has 0 bridgehead atoms. The number of nitrogens with zero attached hydrogens (tertiary/aromatic N) is 2. The van der Waals surface area contributed by atoms with Crippen LogP contribution in [0.25, 0.3) is 0 Å². The molecule has 2 N–H and O–H groups in total. The van der Waals surface area contributed by atoms with E-state index in [9.17, 15) is 4.79 Å². The first-order chi connectivity index (χ1) is 10.2. The zero-order valence-electron chi connectivity index (χ0n) is 11.2. The van der Waals surface area contributed by atoms with Crippen LogP contribution in [-0.2, 0) is 4.79 Å². The van der Waals surface area contributed by atoms with Crippen LogP contribution in [0, 0.1) is 0 Å². The standard InChI is InChI=1S/C14H13N3O3S/c1-8(17-19)11-7-21-14(15-11)16-13(18)10-6-20-12-5-3-2-4-9(10)12/h2-5,7,10,19H,6H2,1H3,(H,15,16,18). The van der Waals surface area contributed by atoms with Gasteiger partial charge in [-0.15, -0.1) is 11.3 Å². The Morgan fingerprint density at radius 3 is 3.14 bits per heavy atom. The quantitative estimate of drug-likeness (QED) is 0.518. The molecule has 1 amide bonds. The second-order valence-corrected chi connectivity index (χ2v) is 5.47. The molecular weight excluding hydrogens is 290 g/mol. The van der Waals surface area contributed by atoms with E-state index in [1.165, 1.54) is 11.3 Å². The lowest BCUT2D eigenvalue weighted by Gasteiger charge is -2.07. The number of amides is 1. The highest BCUT2D eigenvalue weighted by Gasteiger charge is 2.30. The van der Waals surface area contributed by atoms with Crippen LogP contribution in [0.4, 0.5) is 5.13 Å². The number of para-hydroxylation sites is 1. The number of fused-ring (bicyclic) bond motifs is 1. The number of carbonyl (C=O) groups is 1. The molecule has 6 nitrogen and oxygen atoms in total. The molecule has 1 aromatic carbocycles. The van der Waals surface area contributed by atoms with Crippen LogP contribution in [0.2, 0.25) is 0 Å². The third-order valence-electron chi connectivity index (χ3n) is 3.27. The molecule has 1 aliphatic heterocycles. The summed E-state index contributed by atoms with van der Waals surface area (Å²) in [5.74, 6) is 0.265. The maximum Gasteiger partial charge on any atom is 0.237 e. The molecule has 21 heavy (non-hydrogen) atoms. The van der Waals surface area contributed by atoms with Crippen molar-refractivity contribution in [2.75, 3.05) is 11.9 Å². The molecule has 0 saturated heterocycles. The molecule has 0 saturated carbocycles. The largest absolute Gasteiger partial charge is 0.492 e. The average Bonchev–Trinajstić information content (AvgIpc) is 3.12. The van der Waals surface area contributed by atoms with Crippen molar-refractivity contribution in [2.45, 2.75) is 12.8 Å². The fraction of sp³-hybridized carbons (Fsp3) is 0.214. The maximum atomic E-state index is 12.3. The first kappa shape index (κ1) is 13.6. The van der Waals surface area contributed by atoms with Gasteiger partial charge < -0.3 is 15.3 Å². The number of nitrogens with one attached hydrogen (secondary N) is 1. The first-order valence-electron chi connectivity index (χ1n) is 6.36. The van der Waals surface area contributed by atoms with Crippen molar-refractivity contribution in [3.8, 4) is 5.75 Å². The smallest absolute Gasteiger partial charge is 0.237 e. The molecule has 0 radical (unpaired) electrons. The van der Waals surface area contributed by atoms with Crippen LogP contribution in [0.5, 0.6) is 5.75 Å². The van der Waals surface area contributed by atoms with Gasteiger partial charge in [0.15, 0.2) is 5.13 Å². The van der Waals surface area contributed by atoms with Gasteiger partial charge in [-0.2, -0.15) is 0 Å². The zero-order valence-corrected chi connectivity index (χ0v) is 12.1. The molecular formula is C14H13N3O3S. The van der Waals surface area contributed by atoms with E-state index in [1.54, 1.807) is 12.3 Å². The van der Waals surface area contributed by atoms with Gasteiger partial charge >= 0.3 is 0 Å². The van der Waals surface area contributed by atoms with Crippen LogP contribution >= 0.6 is 11.3 Å². The monoisotopic (exact) mass is 303 g/mol. The van der Waals surface area contributed by atoms with Crippen LogP contribution in [0.1, 0.15) is 24.1 Å². The Morgan fingerprint density at radius 1 is 1.52 bits per heavy atom. The van der Waals surface area contributed by atoms with Gasteiger partial charge in [0, 0.05) is 10.9 Å². The third-order valence-corrected chi connectivity index (χ3v) is 4.03. The van der Waals surface area contributed by atoms with Gasteiger partial charge in [-0.3, -0.25) is 4.79 Å². The number of anilines is 1. The highest BCUT2D eigenvalue weighted by molar-refractivity contribution is 7.14. The minimum absolute atomic E-state index is 0.153. The highest BCUT2D eigenvalue weighted by atomic mass is 32.1.